The molecule has 2 aliphatic heterocycles. The summed E-state index contributed by atoms with van der Waals surface area (Å²) in [5.41, 5.74) is 2.01. The number of hydrogen-bond donors (Lipinski definition) is 1. The molecule has 7 nitrogen and oxygen atoms in total. The van der Waals surface area contributed by atoms with Gasteiger partial charge in [-0.25, -0.2) is 4.98 Å². The summed E-state index contributed by atoms with van der Waals surface area (Å²) in [4.78, 5) is 35.8. The van der Waals surface area contributed by atoms with Crippen LogP contribution in [-0.2, 0) is 6.54 Å². The Labute approximate surface area is 169 Å². The van der Waals surface area contributed by atoms with Crippen molar-refractivity contribution in [3.63, 3.8) is 0 Å². The Morgan fingerprint density at radius 1 is 1.10 bits per heavy atom. The number of H-pyrrole nitrogens is 1. The number of nitrogens with zero attached hydrogens (tertiary/aromatic N) is 3. The minimum atomic E-state index is -0.270. The maximum absolute atomic E-state index is 12.9. The summed E-state index contributed by atoms with van der Waals surface area (Å²) in [6, 6.07) is 11.1. The van der Waals surface area contributed by atoms with Crippen molar-refractivity contribution >= 4 is 32.7 Å². The summed E-state index contributed by atoms with van der Waals surface area (Å²) in [7, 11) is 0. The molecule has 1 saturated heterocycles. The molecule has 146 valence electrons. The van der Waals surface area contributed by atoms with E-state index in [0.717, 1.165) is 30.8 Å². The lowest BCUT2D eigenvalue weighted by atomic mass is 10.1. The van der Waals surface area contributed by atoms with Crippen molar-refractivity contribution in [2.24, 2.45) is 0 Å². The van der Waals surface area contributed by atoms with Gasteiger partial charge in [0.25, 0.3) is 11.1 Å². The first kappa shape index (κ1) is 16.9. The van der Waals surface area contributed by atoms with Crippen LogP contribution in [0, 0.1) is 0 Å². The summed E-state index contributed by atoms with van der Waals surface area (Å²) >= 11 is 1.41. The van der Waals surface area contributed by atoms with Gasteiger partial charge in [-0.05, 0) is 24.6 Å². The largest absolute Gasteiger partial charge is 0.487 e. The highest BCUT2D eigenvalue weighted by atomic mass is 32.1. The van der Waals surface area contributed by atoms with E-state index >= 15 is 0 Å². The van der Waals surface area contributed by atoms with Crippen molar-refractivity contribution in [2.45, 2.75) is 19.1 Å². The van der Waals surface area contributed by atoms with Crippen LogP contribution in [-0.4, -0.2) is 44.6 Å². The Morgan fingerprint density at radius 3 is 2.93 bits per heavy atom. The fourth-order valence-corrected chi connectivity index (χ4v) is 5.38. The van der Waals surface area contributed by atoms with E-state index in [1.807, 2.05) is 36.4 Å². The predicted octanol–water partition coefficient (Wildman–Crippen LogP) is 2.43. The number of nitrogens with one attached hydrogen (secondary N) is 1. The minimum absolute atomic E-state index is 0.00775. The predicted molar refractivity (Wildman–Crippen MR) is 113 cm³/mol. The molecule has 1 fully saturated rings. The highest BCUT2D eigenvalue weighted by Gasteiger charge is 2.26. The standard InChI is InChI=1S/C21H18N4O3S/c26-20-17-13-3-1-4-14-19(13)29-25(21(14)27)10-9-24-8-7-12(11-24)28-16-6-2-5-15(22-20)18(16)23-17/h1-6,12H,7-11H2,(H,22,26). The molecule has 29 heavy (non-hydrogen) atoms. The first-order valence-corrected chi connectivity index (χ1v) is 10.5. The summed E-state index contributed by atoms with van der Waals surface area (Å²) in [6.07, 6.45) is 0.996. The van der Waals surface area contributed by atoms with Crippen LogP contribution in [0.4, 0.5) is 0 Å². The molecular formula is C21H18N4O3S. The maximum Gasteiger partial charge on any atom is 0.275 e. The zero-order chi connectivity index (χ0) is 19.5. The minimum Gasteiger partial charge on any atom is -0.487 e. The van der Waals surface area contributed by atoms with Crippen LogP contribution in [0.5, 0.6) is 5.75 Å². The number of para-hydroxylation sites is 1. The number of aromatic amines is 1. The molecule has 2 aromatic carbocycles. The van der Waals surface area contributed by atoms with Crippen molar-refractivity contribution in [3.05, 3.63) is 57.1 Å². The van der Waals surface area contributed by atoms with Crippen LogP contribution >= 0.6 is 11.5 Å². The average molecular weight is 406 g/mol. The highest BCUT2D eigenvalue weighted by molar-refractivity contribution is 7.14. The number of rotatable bonds is 0. The van der Waals surface area contributed by atoms with Crippen LogP contribution in [0.1, 0.15) is 6.42 Å². The molecule has 8 heteroatoms. The molecule has 2 aliphatic rings. The number of hydrogen-bond acceptors (Lipinski definition) is 6. The number of ether oxygens (including phenoxy) is 1. The molecule has 0 aliphatic carbocycles. The normalized spacial score (nSPS) is 21.0. The Morgan fingerprint density at radius 2 is 2.00 bits per heavy atom. The van der Waals surface area contributed by atoms with Crippen LogP contribution in [0.25, 0.3) is 32.4 Å². The van der Waals surface area contributed by atoms with E-state index in [0.29, 0.717) is 40.0 Å². The van der Waals surface area contributed by atoms with E-state index in [9.17, 15) is 9.59 Å². The first-order chi connectivity index (χ1) is 14.2. The number of benzene rings is 2. The van der Waals surface area contributed by atoms with Gasteiger partial charge in [-0.15, -0.1) is 0 Å². The van der Waals surface area contributed by atoms with Crippen LogP contribution in [0.15, 0.2) is 46.0 Å². The zero-order valence-electron chi connectivity index (χ0n) is 15.6. The summed E-state index contributed by atoms with van der Waals surface area (Å²) in [5, 5.41) is 0.632. The number of fused-ring (bicyclic) bond motifs is 5. The molecule has 4 aromatic rings. The molecule has 6 bridgehead atoms. The maximum atomic E-state index is 12.9. The third kappa shape index (κ3) is 2.63. The zero-order valence-corrected chi connectivity index (χ0v) is 16.4. The van der Waals surface area contributed by atoms with Crippen LogP contribution in [0.2, 0.25) is 0 Å². The molecule has 0 radical (unpaired) electrons. The van der Waals surface area contributed by atoms with E-state index in [1.165, 1.54) is 11.5 Å². The van der Waals surface area contributed by atoms with Crippen molar-refractivity contribution in [1.29, 1.82) is 0 Å². The third-order valence-corrected chi connectivity index (χ3v) is 6.95. The van der Waals surface area contributed by atoms with Gasteiger partial charge in [0, 0.05) is 31.7 Å². The Kier molecular flexibility index (Phi) is 3.66. The van der Waals surface area contributed by atoms with Crippen LogP contribution in [0.3, 0.4) is 0 Å². The van der Waals surface area contributed by atoms with Gasteiger partial charge in [-0.1, -0.05) is 29.7 Å². The molecule has 4 heterocycles. The summed E-state index contributed by atoms with van der Waals surface area (Å²) in [5.74, 6) is 0.682. The quantitative estimate of drug-likeness (QED) is 0.485. The molecule has 2 atom stereocenters. The molecule has 0 saturated carbocycles. The van der Waals surface area contributed by atoms with Gasteiger partial charge in [0.1, 0.15) is 23.1 Å². The highest BCUT2D eigenvalue weighted by Crippen LogP contribution is 2.31. The topological polar surface area (TPSA) is 80.2 Å². The van der Waals surface area contributed by atoms with Crippen molar-refractivity contribution in [1.82, 2.24) is 18.8 Å². The van der Waals surface area contributed by atoms with E-state index in [4.69, 9.17) is 9.72 Å². The first-order valence-electron chi connectivity index (χ1n) is 9.73. The van der Waals surface area contributed by atoms with Crippen molar-refractivity contribution < 1.29 is 4.74 Å². The molecular weight excluding hydrogens is 388 g/mol. The number of aromatic nitrogens is 3. The summed E-state index contributed by atoms with van der Waals surface area (Å²) in [6.45, 7) is 3.19. The van der Waals surface area contributed by atoms with Crippen LogP contribution < -0.4 is 15.9 Å². The lowest BCUT2D eigenvalue weighted by molar-refractivity contribution is 0.201. The van der Waals surface area contributed by atoms with Gasteiger partial charge < -0.3 is 9.72 Å². The van der Waals surface area contributed by atoms with Gasteiger partial charge in [0.15, 0.2) is 0 Å². The Hall–Kier alpha value is -2.97. The molecule has 0 spiro atoms. The molecule has 6 rings (SSSR count). The van der Waals surface area contributed by atoms with Crippen molar-refractivity contribution in [3.8, 4) is 17.0 Å². The molecule has 2 unspecified atom stereocenters. The SMILES string of the molecule is O=c1[nH]c2cccc3c2nc1-c1cccc2c(=O)n(sc12)CCN1CCC(C1)O3. The second-order valence-corrected chi connectivity index (χ2v) is 8.61. The third-order valence-electron chi connectivity index (χ3n) is 5.76. The Bertz CT molecular complexity index is 1390. The van der Waals surface area contributed by atoms with Crippen molar-refractivity contribution in [2.75, 3.05) is 19.6 Å². The fraction of sp³-hybridized carbons (Fsp3) is 0.286. The second-order valence-electron chi connectivity index (χ2n) is 7.58. The lowest BCUT2D eigenvalue weighted by Crippen LogP contribution is -2.29. The van der Waals surface area contributed by atoms with E-state index in [1.54, 1.807) is 3.96 Å². The van der Waals surface area contributed by atoms with Gasteiger partial charge in [0.2, 0.25) is 0 Å². The second kappa shape index (κ2) is 6.27. The lowest BCUT2D eigenvalue weighted by Gasteiger charge is -2.18. The molecule has 1 N–H and O–H groups in total. The molecule has 2 aromatic heterocycles. The molecule has 0 amide bonds. The van der Waals surface area contributed by atoms with Gasteiger partial charge in [0.05, 0.1) is 15.6 Å². The van der Waals surface area contributed by atoms with Gasteiger partial charge in [-0.2, -0.15) is 0 Å². The summed E-state index contributed by atoms with van der Waals surface area (Å²) < 4.78 is 8.88. The monoisotopic (exact) mass is 406 g/mol. The Balaban J connectivity index is 1.68. The smallest absolute Gasteiger partial charge is 0.275 e. The van der Waals surface area contributed by atoms with Gasteiger partial charge >= 0.3 is 0 Å². The van der Waals surface area contributed by atoms with Gasteiger partial charge in [-0.3, -0.25) is 18.4 Å². The average Bonchev–Trinajstić information content (AvgIpc) is 3.30. The fourth-order valence-electron chi connectivity index (χ4n) is 4.29. The van der Waals surface area contributed by atoms with E-state index < -0.39 is 0 Å². The van der Waals surface area contributed by atoms with E-state index in [-0.39, 0.29) is 17.2 Å². The van der Waals surface area contributed by atoms with E-state index in [2.05, 4.69) is 9.88 Å².